The van der Waals surface area contributed by atoms with Gasteiger partial charge in [0, 0.05) is 22.1 Å². The molecule has 4 nitrogen and oxygen atoms in total. The number of phenolic OH excluding ortho intramolecular Hbond substituents is 1. The standard InChI is InChI=1S/C19H15N3O/c20-12-5-10-16-18(11-12)22-17-4-2-1-3-15(17)19(16)21-13-6-8-14(23)9-7-13/h1-11,23H,20H2,(H,21,22). The molecule has 0 aliphatic carbocycles. The molecule has 0 radical (unpaired) electrons. The van der Waals surface area contributed by atoms with Crippen molar-refractivity contribution in [2.45, 2.75) is 0 Å². The van der Waals surface area contributed by atoms with Gasteiger partial charge in [-0.25, -0.2) is 4.98 Å². The van der Waals surface area contributed by atoms with E-state index in [0.717, 1.165) is 33.2 Å². The van der Waals surface area contributed by atoms with E-state index in [-0.39, 0.29) is 5.75 Å². The number of phenols is 1. The summed E-state index contributed by atoms with van der Waals surface area (Å²) >= 11 is 0. The SMILES string of the molecule is Nc1ccc2c(Nc3ccc(O)cc3)c3ccccc3nc2c1. The third kappa shape index (κ3) is 2.40. The van der Waals surface area contributed by atoms with Gasteiger partial charge in [-0.15, -0.1) is 0 Å². The van der Waals surface area contributed by atoms with Gasteiger partial charge in [-0.1, -0.05) is 18.2 Å². The summed E-state index contributed by atoms with van der Waals surface area (Å²) in [7, 11) is 0. The fourth-order valence-electron chi connectivity index (χ4n) is 2.73. The van der Waals surface area contributed by atoms with Crippen LogP contribution in [0.1, 0.15) is 0 Å². The first-order chi connectivity index (χ1) is 11.2. The van der Waals surface area contributed by atoms with Crippen LogP contribution in [0.5, 0.6) is 5.75 Å². The van der Waals surface area contributed by atoms with E-state index in [0.29, 0.717) is 5.69 Å². The fraction of sp³-hybridized carbons (Fsp3) is 0. The van der Waals surface area contributed by atoms with Gasteiger partial charge < -0.3 is 16.2 Å². The highest BCUT2D eigenvalue weighted by Crippen LogP contribution is 2.34. The number of nitrogens with zero attached hydrogens (tertiary/aromatic N) is 1. The fourth-order valence-corrected chi connectivity index (χ4v) is 2.73. The Bertz CT molecular complexity index is 1010. The molecule has 0 fully saturated rings. The Balaban J connectivity index is 1.98. The molecule has 0 atom stereocenters. The highest BCUT2D eigenvalue weighted by molar-refractivity contribution is 6.09. The van der Waals surface area contributed by atoms with Crippen LogP contribution >= 0.6 is 0 Å². The quantitative estimate of drug-likeness (QED) is 0.291. The number of aromatic hydroxyl groups is 1. The predicted molar refractivity (Wildman–Crippen MR) is 95.1 cm³/mol. The monoisotopic (exact) mass is 301 g/mol. The van der Waals surface area contributed by atoms with Crippen molar-refractivity contribution in [1.29, 1.82) is 0 Å². The number of nitrogens with two attached hydrogens (primary N) is 1. The molecule has 1 aromatic heterocycles. The second-order valence-corrected chi connectivity index (χ2v) is 5.45. The molecule has 0 aliphatic rings. The van der Waals surface area contributed by atoms with Gasteiger partial charge in [0.2, 0.25) is 0 Å². The zero-order valence-corrected chi connectivity index (χ0v) is 12.3. The summed E-state index contributed by atoms with van der Waals surface area (Å²) < 4.78 is 0. The molecule has 3 aromatic carbocycles. The molecule has 4 heteroatoms. The maximum atomic E-state index is 9.45. The number of fused-ring (bicyclic) bond motifs is 2. The topological polar surface area (TPSA) is 71.2 Å². The summed E-state index contributed by atoms with van der Waals surface area (Å²) in [6.07, 6.45) is 0. The van der Waals surface area contributed by atoms with Gasteiger partial charge in [-0.2, -0.15) is 0 Å². The van der Waals surface area contributed by atoms with Gasteiger partial charge in [-0.05, 0) is 48.5 Å². The number of para-hydroxylation sites is 1. The van der Waals surface area contributed by atoms with Crippen LogP contribution in [0.25, 0.3) is 21.8 Å². The minimum atomic E-state index is 0.243. The van der Waals surface area contributed by atoms with Crippen molar-refractivity contribution in [3.05, 3.63) is 66.7 Å². The first-order valence-electron chi connectivity index (χ1n) is 7.35. The van der Waals surface area contributed by atoms with Gasteiger partial charge in [0.05, 0.1) is 16.7 Å². The number of aromatic nitrogens is 1. The van der Waals surface area contributed by atoms with Gasteiger partial charge in [-0.3, -0.25) is 0 Å². The molecule has 0 bridgehead atoms. The largest absolute Gasteiger partial charge is 0.508 e. The van der Waals surface area contributed by atoms with Gasteiger partial charge in [0.1, 0.15) is 5.75 Å². The van der Waals surface area contributed by atoms with Gasteiger partial charge in [0.25, 0.3) is 0 Å². The van der Waals surface area contributed by atoms with Crippen LogP contribution in [0, 0.1) is 0 Å². The van der Waals surface area contributed by atoms with Crippen molar-refractivity contribution in [3.8, 4) is 5.75 Å². The van der Waals surface area contributed by atoms with Gasteiger partial charge in [0.15, 0.2) is 0 Å². The van der Waals surface area contributed by atoms with Crippen LogP contribution < -0.4 is 11.1 Å². The molecule has 0 saturated carbocycles. The molecule has 0 spiro atoms. The van der Waals surface area contributed by atoms with Crippen LogP contribution in [-0.4, -0.2) is 10.1 Å². The molecule has 0 aliphatic heterocycles. The van der Waals surface area contributed by atoms with Crippen molar-refractivity contribution in [2.75, 3.05) is 11.1 Å². The molecule has 1 heterocycles. The van der Waals surface area contributed by atoms with E-state index < -0.39 is 0 Å². The maximum Gasteiger partial charge on any atom is 0.115 e. The predicted octanol–water partition coefficient (Wildman–Crippen LogP) is 4.42. The second-order valence-electron chi connectivity index (χ2n) is 5.45. The molecule has 0 unspecified atom stereocenters. The van der Waals surface area contributed by atoms with Gasteiger partial charge >= 0.3 is 0 Å². The number of benzene rings is 3. The number of hydrogen-bond acceptors (Lipinski definition) is 4. The summed E-state index contributed by atoms with van der Waals surface area (Å²) in [5.74, 6) is 0.243. The smallest absolute Gasteiger partial charge is 0.115 e. The number of pyridine rings is 1. The molecular weight excluding hydrogens is 286 g/mol. The molecule has 0 saturated heterocycles. The maximum absolute atomic E-state index is 9.45. The average molecular weight is 301 g/mol. The molecule has 4 rings (SSSR count). The Labute approximate surface area is 133 Å². The lowest BCUT2D eigenvalue weighted by molar-refractivity contribution is 0.475. The summed E-state index contributed by atoms with van der Waals surface area (Å²) in [6, 6.07) is 20.7. The highest BCUT2D eigenvalue weighted by atomic mass is 16.3. The zero-order chi connectivity index (χ0) is 15.8. The lowest BCUT2D eigenvalue weighted by Gasteiger charge is -2.13. The summed E-state index contributed by atoms with van der Waals surface area (Å²) in [5, 5.41) is 14.9. The van der Waals surface area contributed by atoms with Crippen molar-refractivity contribution in [1.82, 2.24) is 4.98 Å². The van der Waals surface area contributed by atoms with E-state index >= 15 is 0 Å². The molecule has 0 amide bonds. The van der Waals surface area contributed by atoms with E-state index in [1.54, 1.807) is 12.1 Å². The third-order valence-corrected chi connectivity index (χ3v) is 3.84. The molecule has 4 N–H and O–H groups in total. The van der Waals surface area contributed by atoms with Crippen LogP contribution in [0.15, 0.2) is 66.7 Å². The summed E-state index contributed by atoms with van der Waals surface area (Å²) in [6.45, 7) is 0. The van der Waals surface area contributed by atoms with E-state index in [2.05, 4.69) is 5.32 Å². The Morgan fingerprint density at radius 3 is 2.39 bits per heavy atom. The normalized spacial score (nSPS) is 11.0. The van der Waals surface area contributed by atoms with Crippen molar-refractivity contribution in [3.63, 3.8) is 0 Å². The number of hydrogen-bond donors (Lipinski definition) is 3. The summed E-state index contributed by atoms with van der Waals surface area (Å²) in [4.78, 5) is 4.69. The number of nitrogen functional groups attached to an aromatic ring is 1. The minimum absolute atomic E-state index is 0.243. The van der Waals surface area contributed by atoms with E-state index in [4.69, 9.17) is 10.7 Å². The van der Waals surface area contributed by atoms with E-state index in [1.165, 1.54) is 0 Å². The number of rotatable bonds is 2. The second kappa shape index (κ2) is 5.18. The Morgan fingerprint density at radius 2 is 1.57 bits per heavy atom. The molecular formula is C19H15N3O. The Morgan fingerprint density at radius 1 is 0.826 bits per heavy atom. The first kappa shape index (κ1) is 13.4. The lowest BCUT2D eigenvalue weighted by Crippen LogP contribution is -1.96. The van der Waals surface area contributed by atoms with Crippen LogP contribution in [-0.2, 0) is 0 Å². The van der Waals surface area contributed by atoms with Crippen LogP contribution in [0.3, 0.4) is 0 Å². The number of anilines is 3. The van der Waals surface area contributed by atoms with E-state index in [9.17, 15) is 5.11 Å². The highest BCUT2D eigenvalue weighted by Gasteiger charge is 2.09. The van der Waals surface area contributed by atoms with Crippen molar-refractivity contribution in [2.24, 2.45) is 0 Å². The molecule has 4 aromatic rings. The zero-order valence-electron chi connectivity index (χ0n) is 12.3. The van der Waals surface area contributed by atoms with Crippen LogP contribution in [0.4, 0.5) is 17.1 Å². The first-order valence-corrected chi connectivity index (χ1v) is 7.35. The number of nitrogens with one attached hydrogen (secondary N) is 1. The Hall–Kier alpha value is -3.27. The summed E-state index contributed by atoms with van der Waals surface area (Å²) in [5.41, 5.74) is 10.2. The average Bonchev–Trinajstić information content (AvgIpc) is 2.56. The Kier molecular flexibility index (Phi) is 3.01. The van der Waals surface area contributed by atoms with Crippen LogP contribution in [0.2, 0.25) is 0 Å². The van der Waals surface area contributed by atoms with E-state index in [1.807, 2.05) is 54.6 Å². The van der Waals surface area contributed by atoms with Crippen molar-refractivity contribution >= 4 is 38.9 Å². The molecule has 112 valence electrons. The minimum Gasteiger partial charge on any atom is -0.508 e. The van der Waals surface area contributed by atoms with Crippen molar-refractivity contribution < 1.29 is 5.11 Å². The molecule has 23 heavy (non-hydrogen) atoms. The third-order valence-electron chi connectivity index (χ3n) is 3.84. The lowest BCUT2D eigenvalue weighted by atomic mass is 10.1.